The van der Waals surface area contributed by atoms with Crippen LogP contribution in [0.1, 0.15) is 39.0 Å². The number of benzene rings is 1. The van der Waals surface area contributed by atoms with Gasteiger partial charge in [-0.2, -0.15) is 0 Å². The minimum atomic E-state index is 0.0162. The lowest BCUT2D eigenvalue weighted by Crippen LogP contribution is -2.30. The summed E-state index contributed by atoms with van der Waals surface area (Å²) in [5.41, 5.74) is 0.894. The lowest BCUT2D eigenvalue weighted by atomic mass is 10.2. The van der Waals surface area contributed by atoms with E-state index < -0.39 is 0 Å². The molecule has 1 saturated carbocycles. The number of carbonyl (C=O) groups is 1. The van der Waals surface area contributed by atoms with Gasteiger partial charge in [-0.05, 0) is 44.2 Å². The van der Waals surface area contributed by atoms with Gasteiger partial charge in [0.05, 0.1) is 18.3 Å². The van der Waals surface area contributed by atoms with Crippen LogP contribution in [0.2, 0.25) is 0 Å². The fourth-order valence-electron chi connectivity index (χ4n) is 2.40. The smallest absolute Gasteiger partial charge is 0.239 e. The maximum atomic E-state index is 11.6. The van der Waals surface area contributed by atoms with Crippen molar-refractivity contribution in [3.05, 3.63) is 24.3 Å². The molecule has 2 rings (SSSR count). The van der Waals surface area contributed by atoms with Gasteiger partial charge in [0, 0.05) is 6.54 Å². The van der Waals surface area contributed by atoms with E-state index in [-0.39, 0.29) is 12.5 Å². The summed E-state index contributed by atoms with van der Waals surface area (Å²) < 4.78 is 6.03. The molecular formula is C16H24N2O2. The monoisotopic (exact) mass is 276 g/mol. The molecule has 0 spiro atoms. The Morgan fingerprint density at radius 1 is 1.30 bits per heavy atom. The summed E-state index contributed by atoms with van der Waals surface area (Å²) in [7, 11) is 0. The molecule has 0 saturated heterocycles. The molecule has 110 valence electrons. The lowest BCUT2D eigenvalue weighted by Gasteiger charge is -2.17. The highest BCUT2D eigenvalue weighted by Gasteiger charge is 2.17. The van der Waals surface area contributed by atoms with Crippen LogP contribution in [-0.2, 0) is 4.79 Å². The zero-order valence-electron chi connectivity index (χ0n) is 12.2. The van der Waals surface area contributed by atoms with Gasteiger partial charge in [-0.15, -0.1) is 0 Å². The molecule has 1 aromatic carbocycles. The molecule has 0 atom stereocenters. The Bertz CT molecular complexity index is 428. The summed E-state index contributed by atoms with van der Waals surface area (Å²) >= 11 is 0. The lowest BCUT2D eigenvalue weighted by molar-refractivity contribution is -0.119. The minimum absolute atomic E-state index is 0.0162. The van der Waals surface area contributed by atoms with Gasteiger partial charge in [-0.3, -0.25) is 4.79 Å². The van der Waals surface area contributed by atoms with Gasteiger partial charge in [0.1, 0.15) is 5.75 Å². The fourth-order valence-corrected chi connectivity index (χ4v) is 2.40. The molecule has 1 fully saturated rings. The molecule has 4 nitrogen and oxygen atoms in total. The van der Waals surface area contributed by atoms with Crippen molar-refractivity contribution in [2.75, 3.05) is 18.4 Å². The van der Waals surface area contributed by atoms with E-state index in [9.17, 15) is 4.79 Å². The summed E-state index contributed by atoms with van der Waals surface area (Å²) in [6.45, 7) is 3.05. The largest absolute Gasteiger partial charge is 0.488 e. The number of para-hydroxylation sites is 2. The number of ether oxygens (including phenoxy) is 1. The van der Waals surface area contributed by atoms with Crippen molar-refractivity contribution < 1.29 is 9.53 Å². The summed E-state index contributed by atoms with van der Waals surface area (Å²) in [6.07, 6.45) is 6.04. The summed E-state index contributed by atoms with van der Waals surface area (Å²) in [5, 5.41) is 6.01. The van der Waals surface area contributed by atoms with Crippen molar-refractivity contribution >= 4 is 11.6 Å². The molecule has 0 heterocycles. The van der Waals surface area contributed by atoms with Crippen LogP contribution in [0.25, 0.3) is 0 Å². The fraction of sp³-hybridized carbons (Fsp3) is 0.562. The number of amides is 1. The molecule has 1 aliphatic carbocycles. The predicted octanol–water partition coefficient (Wildman–Crippen LogP) is 2.95. The Balaban J connectivity index is 1.88. The summed E-state index contributed by atoms with van der Waals surface area (Å²) in [5.74, 6) is 0.866. The number of anilines is 1. The van der Waals surface area contributed by atoms with Gasteiger partial charge in [-0.1, -0.05) is 19.1 Å². The molecule has 1 aromatic rings. The second-order valence-electron chi connectivity index (χ2n) is 5.22. The number of carbonyl (C=O) groups excluding carboxylic acids is 1. The normalized spacial score (nSPS) is 15.1. The van der Waals surface area contributed by atoms with E-state index in [0.717, 1.165) is 37.2 Å². The molecule has 1 aliphatic rings. The minimum Gasteiger partial charge on any atom is -0.488 e. The average Bonchev–Trinajstić information content (AvgIpc) is 2.97. The molecule has 0 aromatic heterocycles. The molecule has 2 N–H and O–H groups in total. The van der Waals surface area contributed by atoms with Gasteiger partial charge in [0.25, 0.3) is 0 Å². The maximum absolute atomic E-state index is 11.6. The van der Waals surface area contributed by atoms with Gasteiger partial charge >= 0.3 is 0 Å². The van der Waals surface area contributed by atoms with Crippen LogP contribution in [0.15, 0.2) is 24.3 Å². The van der Waals surface area contributed by atoms with E-state index in [1.165, 1.54) is 12.8 Å². The second kappa shape index (κ2) is 7.78. The van der Waals surface area contributed by atoms with Crippen molar-refractivity contribution in [1.29, 1.82) is 0 Å². The topological polar surface area (TPSA) is 50.4 Å². The Morgan fingerprint density at radius 3 is 2.80 bits per heavy atom. The Kier molecular flexibility index (Phi) is 5.71. The first-order chi connectivity index (χ1) is 9.79. The molecule has 0 unspecified atom stereocenters. The molecule has 20 heavy (non-hydrogen) atoms. The zero-order chi connectivity index (χ0) is 14.2. The van der Waals surface area contributed by atoms with Gasteiger partial charge in [0.2, 0.25) is 5.91 Å². The van der Waals surface area contributed by atoms with E-state index in [0.29, 0.717) is 6.10 Å². The van der Waals surface area contributed by atoms with Crippen LogP contribution in [0.5, 0.6) is 5.75 Å². The number of nitrogens with one attached hydrogen (secondary N) is 2. The first-order valence-electron chi connectivity index (χ1n) is 7.56. The summed E-state index contributed by atoms with van der Waals surface area (Å²) in [4.78, 5) is 11.6. The van der Waals surface area contributed by atoms with Gasteiger partial charge in [-0.25, -0.2) is 0 Å². The van der Waals surface area contributed by atoms with Crippen molar-refractivity contribution in [3.8, 4) is 5.75 Å². The molecule has 0 aliphatic heterocycles. The third kappa shape index (κ3) is 4.44. The molecule has 0 bridgehead atoms. The van der Waals surface area contributed by atoms with Crippen molar-refractivity contribution in [2.24, 2.45) is 0 Å². The van der Waals surface area contributed by atoms with Crippen molar-refractivity contribution in [3.63, 3.8) is 0 Å². The van der Waals surface area contributed by atoms with E-state index >= 15 is 0 Å². The SMILES string of the molecule is CCCNC(=O)CNc1ccccc1OC1CCCC1. The third-order valence-electron chi connectivity index (χ3n) is 3.49. The van der Waals surface area contributed by atoms with E-state index in [2.05, 4.69) is 10.6 Å². The van der Waals surface area contributed by atoms with E-state index in [1.54, 1.807) is 0 Å². The molecular weight excluding hydrogens is 252 g/mol. The van der Waals surface area contributed by atoms with Crippen LogP contribution < -0.4 is 15.4 Å². The van der Waals surface area contributed by atoms with Crippen molar-refractivity contribution in [2.45, 2.75) is 45.1 Å². The Hall–Kier alpha value is -1.71. The molecule has 1 amide bonds. The highest BCUT2D eigenvalue weighted by molar-refractivity contribution is 5.81. The highest BCUT2D eigenvalue weighted by Crippen LogP contribution is 2.29. The number of hydrogen-bond acceptors (Lipinski definition) is 3. The predicted molar refractivity (Wildman–Crippen MR) is 81.1 cm³/mol. The first kappa shape index (κ1) is 14.7. The van der Waals surface area contributed by atoms with Crippen LogP contribution >= 0.6 is 0 Å². The zero-order valence-corrected chi connectivity index (χ0v) is 12.2. The summed E-state index contributed by atoms with van der Waals surface area (Å²) in [6, 6.07) is 7.84. The van der Waals surface area contributed by atoms with Crippen LogP contribution in [-0.4, -0.2) is 25.1 Å². The van der Waals surface area contributed by atoms with Crippen LogP contribution in [0.3, 0.4) is 0 Å². The maximum Gasteiger partial charge on any atom is 0.239 e. The molecule has 0 radical (unpaired) electrons. The molecule has 4 heteroatoms. The third-order valence-corrected chi connectivity index (χ3v) is 3.49. The standard InChI is InChI=1S/C16H24N2O2/c1-2-11-17-16(19)12-18-14-9-5-6-10-15(14)20-13-7-3-4-8-13/h5-6,9-10,13,18H,2-4,7-8,11-12H2,1H3,(H,17,19). The quantitative estimate of drug-likeness (QED) is 0.805. The van der Waals surface area contributed by atoms with E-state index in [1.807, 2.05) is 31.2 Å². The highest BCUT2D eigenvalue weighted by atomic mass is 16.5. The average molecular weight is 276 g/mol. The van der Waals surface area contributed by atoms with E-state index in [4.69, 9.17) is 4.74 Å². The Morgan fingerprint density at radius 2 is 2.05 bits per heavy atom. The van der Waals surface area contributed by atoms with Gasteiger partial charge < -0.3 is 15.4 Å². The number of rotatable bonds is 7. The van der Waals surface area contributed by atoms with Gasteiger partial charge in [0.15, 0.2) is 0 Å². The van der Waals surface area contributed by atoms with Crippen LogP contribution in [0.4, 0.5) is 5.69 Å². The second-order valence-corrected chi connectivity index (χ2v) is 5.22. The number of hydrogen-bond donors (Lipinski definition) is 2. The first-order valence-corrected chi connectivity index (χ1v) is 7.56. The van der Waals surface area contributed by atoms with Crippen LogP contribution in [0, 0.1) is 0 Å². The Labute approximate surface area is 120 Å². The van der Waals surface area contributed by atoms with Crippen molar-refractivity contribution in [1.82, 2.24) is 5.32 Å².